The first-order chi connectivity index (χ1) is 16.1. The van der Waals surface area contributed by atoms with Crippen molar-refractivity contribution in [2.75, 3.05) is 6.61 Å². The van der Waals surface area contributed by atoms with E-state index in [0.29, 0.717) is 18.3 Å². The molecule has 0 aromatic heterocycles. The summed E-state index contributed by atoms with van der Waals surface area (Å²) in [5.41, 5.74) is 4.72. The lowest BCUT2D eigenvalue weighted by atomic mass is 9.69. The van der Waals surface area contributed by atoms with Crippen LogP contribution in [-0.4, -0.2) is 29.8 Å². The number of nitrogens with one attached hydrogen (secondary N) is 1. The number of benzene rings is 2. The van der Waals surface area contributed by atoms with Crippen molar-refractivity contribution in [1.29, 1.82) is 0 Å². The molecule has 5 heteroatoms. The summed E-state index contributed by atoms with van der Waals surface area (Å²) in [7, 11) is 0. The van der Waals surface area contributed by atoms with E-state index in [-0.39, 0.29) is 18.6 Å². The lowest BCUT2D eigenvalue weighted by Gasteiger charge is -2.39. The summed E-state index contributed by atoms with van der Waals surface area (Å²) in [5.74, 6) is -0.189. The van der Waals surface area contributed by atoms with Gasteiger partial charge in [-0.1, -0.05) is 80.6 Å². The quantitative estimate of drug-likeness (QED) is 0.592. The molecule has 2 fully saturated rings. The van der Waals surface area contributed by atoms with E-state index < -0.39 is 18.0 Å². The third kappa shape index (κ3) is 4.50. The lowest BCUT2D eigenvalue weighted by Crippen LogP contribution is -2.48. The van der Waals surface area contributed by atoms with E-state index in [2.05, 4.69) is 29.6 Å². The van der Waals surface area contributed by atoms with Gasteiger partial charge in [-0.2, -0.15) is 0 Å². The molecule has 174 valence electrons. The van der Waals surface area contributed by atoms with Crippen LogP contribution in [0.2, 0.25) is 0 Å². The third-order valence-electron chi connectivity index (χ3n) is 8.17. The molecule has 2 saturated carbocycles. The molecule has 3 aliphatic carbocycles. The fraction of sp³-hybridized carbons (Fsp3) is 0.500. The minimum atomic E-state index is -0.818. The van der Waals surface area contributed by atoms with Crippen LogP contribution in [0.4, 0.5) is 4.79 Å². The van der Waals surface area contributed by atoms with E-state index >= 15 is 0 Å². The Morgan fingerprint density at radius 2 is 1.48 bits per heavy atom. The van der Waals surface area contributed by atoms with Crippen molar-refractivity contribution in [2.45, 2.75) is 63.3 Å². The normalized spacial score (nSPS) is 25.2. The lowest BCUT2D eigenvalue weighted by molar-refractivity contribution is -0.144. The highest BCUT2D eigenvalue weighted by Crippen LogP contribution is 2.44. The van der Waals surface area contributed by atoms with Crippen LogP contribution in [0.3, 0.4) is 0 Å². The molecule has 0 heterocycles. The number of carbonyl (C=O) groups is 2. The van der Waals surface area contributed by atoms with Gasteiger partial charge >= 0.3 is 12.1 Å². The number of ether oxygens (including phenoxy) is 1. The number of rotatable bonds is 5. The second-order valence-corrected chi connectivity index (χ2v) is 9.99. The van der Waals surface area contributed by atoms with Crippen molar-refractivity contribution in [3.63, 3.8) is 0 Å². The zero-order valence-corrected chi connectivity index (χ0v) is 19.0. The van der Waals surface area contributed by atoms with Crippen LogP contribution in [0, 0.1) is 17.8 Å². The van der Waals surface area contributed by atoms with Crippen LogP contribution in [0.15, 0.2) is 48.5 Å². The van der Waals surface area contributed by atoms with Crippen LogP contribution >= 0.6 is 0 Å². The van der Waals surface area contributed by atoms with Crippen molar-refractivity contribution >= 4 is 12.1 Å². The summed E-state index contributed by atoms with van der Waals surface area (Å²) >= 11 is 0. The van der Waals surface area contributed by atoms with Gasteiger partial charge in [-0.05, 0) is 53.4 Å². The fourth-order valence-electron chi connectivity index (χ4n) is 6.48. The second-order valence-electron chi connectivity index (χ2n) is 9.99. The molecule has 3 atom stereocenters. The Balaban J connectivity index is 1.24. The summed E-state index contributed by atoms with van der Waals surface area (Å²) in [5, 5.41) is 12.7. The molecule has 2 N–H and O–H groups in total. The summed E-state index contributed by atoms with van der Waals surface area (Å²) < 4.78 is 5.71. The van der Waals surface area contributed by atoms with E-state index in [1.165, 1.54) is 54.4 Å². The van der Waals surface area contributed by atoms with Gasteiger partial charge in [0.25, 0.3) is 0 Å². The summed E-state index contributed by atoms with van der Waals surface area (Å²) in [6.07, 6.45) is 8.14. The average molecular weight is 448 g/mol. The maximum Gasteiger partial charge on any atom is 0.407 e. The van der Waals surface area contributed by atoms with Crippen LogP contribution < -0.4 is 5.32 Å². The summed E-state index contributed by atoms with van der Waals surface area (Å²) in [6, 6.07) is 16.1. The van der Waals surface area contributed by atoms with Crippen molar-refractivity contribution in [3.05, 3.63) is 59.7 Å². The highest BCUT2D eigenvalue weighted by Gasteiger charge is 2.39. The third-order valence-corrected chi connectivity index (χ3v) is 8.17. The molecular formula is C28H33NO4. The highest BCUT2D eigenvalue weighted by molar-refractivity contribution is 5.79. The molecule has 0 bridgehead atoms. The smallest absolute Gasteiger partial charge is 0.407 e. The zero-order valence-electron chi connectivity index (χ0n) is 19.0. The maximum atomic E-state index is 12.8. The van der Waals surface area contributed by atoms with Gasteiger partial charge in [-0.3, -0.25) is 4.79 Å². The van der Waals surface area contributed by atoms with Gasteiger partial charge in [0.15, 0.2) is 0 Å². The number of hydrogen-bond acceptors (Lipinski definition) is 3. The second kappa shape index (κ2) is 9.58. The Kier molecular flexibility index (Phi) is 6.39. The Hall–Kier alpha value is -2.82. The monoisotopic (exact) mass is 447 g/mol. The highest BCUT2D eigenvalue weighted by atomic mass is 16.5. The molecule has 0 saturated heterocycles. The van der Waals surface area contributed by atoms with E-state index in [1.54, 1.807) is 0 Å². The summed E-state index contributed by atoms with van der Waals surface area (Å²) in [4.78, 5) is 24.7. The van der Waals surface area contributed by atoms with Crippen LogP contribution in [0.5, 0.6) is 0 Å². The Bertz CT molecular complexity index is 967. The number of hydrogen-bond donors (Lipinski definition) is 2. The fourth-order valence-corrected chi connectivity index (χ4v) is 6.48. The zero-order chi connectivity index (χ0) is 22.8. The van der Waals surface area contributed by atoms with Gasteiger partial charge in [0.05, 0.1) is 5.92 Å². The molecule has 2 aromatic rings. The predicted octanol–water partition coefficient (Wildman–Crippen LogP) is 5.97. The number of amides is 1. The number of alkyl carbamates (subject to hydrolysis) is 1. The number of carboxylic acids is 1. The minimum absolute atomic E-state index is 0.000219. The van der Waals surface area contributed by atoms with Crippen LogP contribution in [0.1, 0.15) is 68.4 Å². The molecule has 33 heavy (non-hydrogen) atoms. The maximum absolute atomic E-state index is 12.8. The minimum Gasteiger partial charge on any atom is -0.481 e. The predicted molar refractivity (Wildman–Crippen MR) is 127 cm³/mol. The van der Waals surface area contributed by atoms with Crippen molar-refractivity contribution < 1.29 is 19.4 Å². The molecule has 2 aromatic carbocycles. The number of aliphatic carboxylic acids is 1. The number of carboxylic acid groups (broad SMARTS) is 1. The molecule has 1 amide bonds. The molecule has 5 nitrogen and oxygen atoms in total. The topological polar surface area (TPSA) is 75.6 Å². The van der Waals surface area contributed by atoms with E-state index in [1.807, 2.05) is 24.3 Å². The summed E-state index contributed by atoms with van der Waals surface area (Å²) in [6.45, 7) is 0.246. The van der Waals surface area contributed by atoms with Gasteiger partial charge < -0.3 is 15.2 Å². The van der Waals surface area contributed by atoms with Gasteiger partial charge in [0.1, 0.15) is 6.61 Å². The van der Waals surface area contributed by atoms with Crippen molar-refractivity contribution in [2.24, 2.45) is 17.8 Å². The van der Waals surface area contributed by atoms with Gasteiger partial charge in [-0.15, -0.1) is 0 Å². The molecule has 0 spiro atoms. The molecule has 0 aliphatic heterocycles. The van der Waals surface area contributed by atoms with E-state index in [9.17, 15) is 14.7 Å². The molecular weight excluding hydrogens is 414 g/mol. The van der Waals surface area contributed by atoms with Gasteiger partial charge in [0, 0.05) is 12.0 Å². The first kappa shape index (κ1) is 22.0. The Morgan fingerprint density at radius 3 is 2.12 bits per heavy atom. The first-order valence-electron chi connectivity index (χ1n) is 12.5. The molecule has 0 radical (unpaired) electrons. The van der Waals surface area contributed by atoms with Crippen LogP contribution in [0.25, 0.3) is 11.1 Å². The van der Waals surface area contributed by atoms with Gasteiger partial charge in [-0.25, -0.2) is 4.79 Å². The standard InChI is InChI=1S/C28H33NO4/c30-27(31)24-15-14-19(18-8-2-1-3-9-18)16-26(24)29-28(32)33-17-25-22-12-6-4-10-20(22)21-11-5-7-13-23(21)25/h4-7,10-13,18-19,24-26H,1-3,8-9,14-17H2,(H,29,32)(H,30,31)/t19?,24?,26-/m1/s1. The van der Waals surface area contributed by atoms with Crippen molar-refractivity contribution in [1.82, 2.24) is 5.32 Å². The number of carbonyl (C=O) groups excluding carboxylic acids is 1. The van der Waals surface area contributed by atoms with Gasteiger partial charge in [0.2, 0.25) is 0 Å². The molecule has 3 aliphatic rings. The first-order valence-corrected chi connectivity index (χ1v) is 12.5. The Labute approximate surface area is 195 Å². The molecule has 5 rings (SSSR count). The van der Waals surface area contributed by atoms with Crippen molar-refractivity contribution in [3.8, 4) is 11.1 Å². The number of fused-ring (bicyclic) bond motifs is 3. The largest absolute Gasteiger partial charge is 0.481 e. The Morgan fingerprint density at radius 1 is 0.848 bits per heavy atom. The van der Waals surface area contributed by atoms with E-state index in [4.69, 9.17) is 4.74 Å². The average Bonchev–Trinajstić information content (AvgIpc) is 3.17. The van der Waals surface area contributed by atoms with E-state index in [0.717, 1.165) is 12.8 Å². The van der Waals surface area contributed by atoms with Crippen LogP contribution in [-0.2, 0) is 9.53 Å². The molecule has 2 unspecified atom stereocenters. The SMILES string of the molecule is O=C(N[C@@H]1CC(C2CCCCC2)CCC1C(=O)O)OCC1c2ccccc2-c2ccccc21.